The van der Waals surface area contributed by atoms with Crippen molar-refractivity contribution in [1.29, 1.82) is 0 Å². The molecule has 1 fully saturated rings. The molecule has 0 saturated heterocycles. The molecule has 0 atom stereocenters. The van der Waals surface area contributed by atoms with Gasteiger partial charge >= 0.3 is 0 Å². The Kier molecular flexibility index (Phi) is 3.37. The summed E-state index contributed by atoms with van der Waals surface area (Å²) in [4.78, 5) is 4.22. The lowest BCUT2D eigenvalue weighted by Crippen LogP contribution is -1.99. The van der Waals surface area contributed by atoms with Crippen molar-refractivity contribution in [2.75, 3.05) is 0 Å². The zero-order chi connectivity index (χ0) is 12.5. The molecule has 0 bridgehead atoms. The van der Waals surface area contributed by atoms with Gasteiger partial charge < -0.3 is 5.11 Å². The maximum atomic E-state index is 9.52. The number of nitrogens with zero attached hydrogens (tertiary/aromatic N) is 3. The molecule has 2 aromatic rings. The lowest BCUT2D eigenvalue weighted by atomic mass is 10.0. The minimum atomic E-state index is -0.0595. The van der Waals surface area contributed by atoms with Gasteiger partial charge in [0.15, 0.2) is 0 Å². The van der Waals surface area contributed by atoms with Crippen LogP contribution in [0.3, 0.4) is 0 Å². The molecule has 1 N–H and O–H groups in total. The van der Waals surface area contributed by atoms with Crippen LogP contribution in [0.5, 0.6) is 0 Å². The average Bonchev–Trinajstić information content (AvgIpc) is 3.09. The van der Waals surface area contributed by atoms with Gasteiger partial charge in [-0.1, -0.05) is 24.4 Å². The predicted molar refractivity (Wildman–Crippen MR) is 71.4 cm³/mol. The third-order valence-electron chi connectivity index (χ3n) is 3.45. The minimum Gasteiger partial charge on any atom is -0.391 e. The van der Waals surface area contributed by atoms with Crippen LogP contribution in [0.4, 0.5) is 0 Å². The second-order valence-corrected chi connectivity index (χ2v) is 5.75. The van der Waals surface area contributed by atoms with E-state index in [1.54, 1.807) is 10.9 Å². The highest BCUT2D eigenvalue weighted by Crippen LogP contribution is 2.38. The first kappa shape index (κ1) is 12.1. The number of halogens is 1. The first-order valence-corrected chi connectivity index (χ1v) is 7.35. The van der Waals surface area contributed by atoms with Gasteiger partial charge in [0.1, 0.15) is 5.15 Å². The highest BCUT2D eigenvalue weighted by atomic mass is 35.5. The minimum absolute atomic E-state index is 0.0595. The predicted octanol–water partition coefficient (Wildman–Crippen LogP) is 3.13. The zero-order valence-electron chi connectivity index (χ0n) is 9.84. The largest absolute Gasteiger partial charge is 0.391 e. The summed E-state index contributed by atoms with van der Waals surface area (Å²) in [6, 6.07) is 0. The molecule has 6 heteroatoms. The monoisotopic (exact) mass is 283 g/mol. The number of aliphatic hydroxyl groups excluding tert-OH is 1. The Morgan fingerprint density at radius 3 is 2.83 bits per heavy atom. The van der Waals surface area contributed by atoms with Crippen LogP contribution in [-0.4, -0.2) is 19.9 Å². The fraction of sp³-hybridized carbons (Fsp3) is 0.500. The number of rotatable bonds is 3. The van der Waals surface area contributed by atoms with E-state index in [0.29, 0.717) is 11.1 Å². The van der Waals surface area contributed by atoms with Crippen molar-refractivity contribution in [3.8, 4) is 5.13 Å². The molecular formula is C12H14ClN3OS. The summed E-state index contributed by atoms with van der Waals surface area (Å²) in [5.41, 5.74) is 1.72. The lowest BCUT2D eigenvalue weighted by molar-refractivity contribution is 0.280. The molecule has 1 aliphatic rings. The van der Waals surface area contributed by atoms with Gasteiger partial charge in [-0.15, -0.1) is 11.3 Å². The van der Waals surface area contributed by atoms with Crippen LogP contribution in [0.25, 0.3) is 5.13 Å². The number of aromatic nitrogens is 3. The van der Waals surface area contributed by atoms with E-state index in [2.05, 4.69) is 10.1 Å². The third kappa shape index (κ3) is 1.96. The lowest BCUT2D eigenvalue weighted by Gasteiger charge is -2.06. The van der Waals surface area contributed by atoms with E-state index in [1.165, 1.54) is 24.2 Å². The van der Waals surface area contributed by atoms with Crippen molar-refractivity contribution in [1.82, 2.24) is 14.8 Å². The summed E-state index contributed by atoms with van der Waals surface area (Å²) >= 11 is 7.80. The molecule has 2 aromatic heterocycles. The fourth-order valence-electron chi connectivity index (χ4n) is 2.57. The van der Waals surface area contributed by atoms with E-state index in [0.717, 1.165) is 29.2 Å². The molecule has 2 heterocycles. The van der Waals surface area contributed by atoms with Gasteiger partial charge in [-0.3, -0.25) is 0 Å². The summed E-state index contributed by atoms with van der Waals surface area (Å²) < 4.78 is 1.64. The number of hydrogen-bond acceptors (Lipinski definition) is 4. The molecule has 4 nitrogen and oxygen atoms in total. The first-order chi connectivity index (χ1) is 8.81. The Bertz CT molecular complexity index is 532. The van der Waals surface area contributed by atoms with Crippen molar-refractivity contribution in [2.24, 2.45) is 0 Å². The van der Waals surface area contributed by atoms with Gasteiger partial charge in [-0.25, -0.2) is 4.98 Å². The highest BCUT2D eigenvalue weighted by Gasteiger charge is 2.26. The van der Waals surface area contributed by atoms with E-state index >= 15 is 0 Å². The van der Waals surface area contributed by atoms with Crippen molar-refractivity contribution < 1.29 is 5.11 Å². The average molecular weight is 284 g/mol. The Morgan fingerprint density at radius 2 is 2.22 bits per heavy atom. The van der Waals surface area contributed by atoms with Gasteiger partial charge in [0, 0.05) is 23.1 Å². The summed E-state index contributed by atoms with van der Waals surface area (Å²) in [5.74, 6) is 0.436. The van der Waals surface area contributed by atoms with E-state index in [4.69, 9.17) is 11.6 Å². The quantitative estimate of drug-likeness (QED) is 0.941. The molecular weight excluding hydrogens is 270 g/mol. The first-order valence-electron chi connectivity index (χ1n) is 6.09. The Labute approximate surface area is 114 Å². The van der Waals surface area contributed by atoms with Crippen molar-refractivity contribution in [2.45, 2.75) is 38.2 Å². The molecule has 0 aromatic carbocycles. The van der Waals surface area contributed by atoms with E-state index in [1.807, 2.05) is 5.38 Å². The molecule has 0 unspecified atom stereocenters. The molecule has 18 heavy (non-hydrogen) atoms. The normalized spacial score (nSPS) is 16.6. The standard InChI is InChI=1S/C12H14ClN3OS/c13-11-9(7-17)10(8-3-1-2-4-8)15-16(11)12-14-5-6-18-12/h5-6,8,17H,1-4,7H2. The fourth-order valence-corrected chi connectivity index (χ4v) is 3.49. The Balaban J connectivity index is 2.06. The third-order valence-corrected chi connectivity index (χ3v) is 4.59. The molecule has 0 radical (unpaired) electrons. The van der Waals surface area contributed by atoms with Crippen molar-refractivity contribution in [3.63, 3.8) is 0 Å². The highest BCUT2D eigenvalue weighted by molar-refractivity contribution is 7.12. The zero-order valence-corrected chi connectivity index (χ0v) is 11.4. The molecule has 0 spiro atoms. The second-order valence-electron chi connectivity index (χ2n) is 4.52. The van der Waals surface area contributed by atoms with Crippen molar-refractivity contribution in [3.05, 3.63) is 28.0 Å². The van der Waals surface area contributed by atoms with Crippen LogP contribution >= 0.6 is 22.9 Å². The Morgan fingerprint density at radius 1 is 1.44 bits per heavy atom. The van der Waals surface area contributed by atoms with Crippen LogP contribution in [0, 0.1) is 0 Å². The van der Waals surface area contributed by atoms with Gasteiger partial charge in [0.2, 0.25) is 5.13 Å². The van der Waals surface area contributed by atoms with Crippen LogP contribution in [0.1, 0.15) is 42.9 Å². The molecule has 0 amide bonds. The molecule has 0 aliphatic heterocycles. The summed E-state index contributed by atoms with van der Waals surface area (Å²) in [6.07, 6.45) is 6.47. The number of hydrogen-bond donors (Lipinski definition) is 1. The van der Waals surface area contributed by atoms with E-state index in [9.17, 15) is 5.11 Å². The Hall–Kier alpha value is -0.910. The summed E-state index contributed by atoms with van der Waals surface area (Å²) in [5, 5.41) is 17.2. The van der Waals surface area contributed by atoms with Gasteiger partial charge in [0.05, 0.1) is 12.3 Å². The number of aliphatic hydroxyl groups is 1. The maximum absolute atomic E-state index is 9.52. The smallest absolute Gasteiger partial charge is 0.211 e. The second kappa shape index (κ2) is 4.99. The SMILES string of the molecule is OCc1c(C2CCCC2)nn(-c2nccs2)c1Cl. The van der Waals surface area contributed by atoms with Gasteiger partial charge in [0.25, 0.3) is 0 Å². The molecule has 3 rings (SSSR count). The van der Waals surface area contributed by atoms with Gasteiger partial charge in [-0.05, 0) is 12.8 Å². The topological polar surface area (TPSA) is 50.9 Å². The van der Waals surface area contributed by atoms with E-state index in [-0.39, 0.29) is 6.61 Å². The molecule has 1 aliphatic carbocycles. The molecule has 96 valence electrons. The van der Waals surface area contributed by atoms with Gasteiger partial charge in [-0.2, -0.15) is 9.78 Å². The molecule has 1 saturated carbocycles. The maximum Gasteiger partial charge on any atom is 0.211 e. The van der Waals surface area contributed by atoms with Crippen LogP contribution in [0.15, 0.2) is 11.6 Å². The van der Waals surface area contributed by atoms with Crippen LogP contribution < -0.4 is 0 Å². The summed E-state index contributed by atoms with van der Waals surface area (Å²) in [6.45, 7) is -0.0595. The van der Waals surface area contributed by atoms with Crippen LogP contribution in [-0.2, 0) is 6.61 Å². The van der Waals surface area contributed by atoms with Crippen LogP contribution in [0.2, 0.25) is 5.15 Å². The number of thiazole rings is 1. The van der Waals surface area contributed by atoms with Crippen molar-refractivity contribution >= 4 is 22.9 Å². The summed E-state index contributed by atoms with van der Waals surface area (Å²) in [7, 11) is 0. The van der Waals surface area contributed by atoms with E-state index < -0.39 is 0 Å².